The summed E-state index contributed by atoms with van der Waals surface area (Å²) in [5, 5.41) is 3.29. The van der Waals surface area contributed by atoms with Crippen LogP contribution in [-0.2, 0) is 0 Å². The maximum absolute atomic E-state index is 12.8. The van der Waals surface area contributed by atoms with Gasteiger partial charge >= 0.3 is 0 Å². The van der Waals surface area contributed by atoms with Gasteiger partial charge in [0.05, 0.1) is 5.56 Å². The number of amides is 1. The van der Waals surface area contributed by atoms with Gasteiger partial charge in [-0.3, -0.25) is 9.78 Å². The second-order valence-electron chi connectivity index (χ2n) is 6.76. The number of likely N-dealkylation sites (tertiary alicyclic amines) is 1. The van der Waals surface area contributed by atoms with E-state index in [-0.39, 0.29) is 30.7 Å². The summed E-state index contributed by atoms with van der Waals surface area (Å²) in [6.45, 7) is 1.60. The summed E-state index contributed by atoms with van der Waals surface area (Å²) < 4.78 is 0. The molecule has 1 aliphatic heterocycles. The van der Waals surface area contributed by atoms with E-state index in [9.17, 15) is 4.79 Å². The Morgan fingerprint density at radius 2 is 1.70 bits per heavy atom. The normalized spacial score (nSPS) is 14.1. The molecule has 0 saturated carbocycles. The van der Waals surface area contributed by atoms with Crippen molar-refractivity contribution in [2.75, 3.05) is 39.1 Å². The predicted octanol–water partition coefficient (Wildman–Crippen LogP) is 3.48. The standard InChI is InChI=1S/C20H26N4O.2ClH/c1-21-18-8-10-24(11-9-18)20(25)17-12-16(13-22-14-17)15-4-6-19(7-5-15)23(2)3;;/h4-7,12-14,18,21H,8-11H2,1-3H3;2*1H. The van der Waals surface area contributed by atoms with Crippen LogP contribution in [0.25, 0.3) is 11.1 Å². The Bertz CT molecular complexity index is 729. The maximum Gasteiger partial charge on any atom is 0.255 e. The van der Waals surface area contributed by atoms with E-state index in [1.165, 1.54) is 0 Å². The van der Waals surface area contributed by atoms with Gasteiger partial charge in [0.2, 0.25) is 0 Å². The summed E-state index contributed by atoms with van der Waals surface area (Å²) in [6, 6.07) is 10.8. The first-order chi connectivity index (χ1) is 12.1. The topological polar surface area (TPSA) is 48.5 Å². The highest BCUT2D eigenvalue weighted by atomic mass is 35.5. The molecule has 0 bridgehead atoms. The number of nitrogens with zero attached hydrogens (tertiary/aromatic N) is 3. The summed E-state index contributed by atoms with van der Waals surface area (Å²) in [4.78, 5) is 21.1. The van der Waals surface area contributed by atoms with Crippen LogP contribution in [0.1, 0.15) is 23.2 Å². The van der Waals surface area contributed by atoms with Crippen LogP contribution in [0.15, 0.2) is 42.7 Å². The molecular weight excluding hydrogens is 383 g/mol. The quantitative estimate of drug-likeness (QED) is 0.837. The van der Waals surface area contributed by atoms with E-state index < -0.39 is 0 Å². The fourth-order valence-electron chi connectivity index (χ4n) is 3.22. The summed E-state index contributed by atoms with van der Waals surface area (Å²) in [6.07, 6.45) is 5.49. The van der Waals surface area contributed by atoms with Crippen molar-refractivity contribution in [3.05, 3.63) is 48.3 Å². The number of anilines is 1. The first-order valence-corrected chi connectivity index (χ1v) is 8.78. The molecule has 0 atom stereocenters. The van der Waals surface area contributed by atoms with Crippen molar-refractivity contribution < 1.29 is 4.79 Å². The van der Waals surface area contributed by atoms with Gasteiger partial charge in [-0.15, -0.1) is 24.8 Å². The molecule has 7 heteroatoms. The van der Waals surface area contributed by atoms with Crippen LogP contribution in [0.4, 0.5) is 5.69 Å². The number of nitrogens with one attached hydrogen (secondary N) is 1. The van der Waals surface area contributed by atoms with E-state index in [1.807, 2.05) is 38.3 Å². The lowest BCUT2D eigenvalue weighted by molar-refractivity contribution is 0.0707. The highest BCUT2D eigenvalue weighted by molar-refractivity contribution is 5.95. The molecule has 1 aromatic heterocycles. The summed E-state index contributed by atoms with van der Waals surface area (Å²) in [7, 11) is 6.03. The van der Waals surface area contributed by atoms with Crippen LogP contribution >= 0.6 is 24.8 Å². The molecule has 1 fully saturated rings. The molecule has 3 rings (SSSR count). The zero-order valence-electron chi connectivity index (χ0n) is 16.0. The van der Waals surface area contributed by atoms with Gasteiger partial charge in [0.15, 0.2) is 0 Å². The van der Waals surface area contributed by atoms with Crippen LogP contribution in [0.5, 0.6) is 0 Å². The molecule has 2 heterocycles. The third kappa shape index (κ3) is 5.58. The molecule has 148 valence electrons. The number of halogens is 2. The Hall–Kier alpha value is -1.82. The smallest absolute Gasteiger partial charge is 0.255 e. The third-order valence-corrected chi connectivity index (χ3v) is 4.89. The Kier molecular flexibility index (Phi) is 9.03. The SMILES string of the molecule is CNC1CCN(C(=O)c2cncc(-c3ccc(N(C)C)cc3)c2)CC1.Cl.Cl. The zero-order chi connectivity index (χ0) is 17.8. The Balaban J connectivity index is 0.00000182. The number of hydrogen-bond donors (Lipinski definition) is 1. The first-order valence-electron chi connectivity index (χ1n) is 8.78. The van der Waals surface area contributed by atoms with Crippen LogP contribution < -0.4 is 10.2 Å². The zero-order valence-corrected chi connectivity index (χ0v) is 17.6. The first kappa shape index (κ1) is 23.2. The van der Waals surface area contributed by atoms with Gasteiger partial charge in [0, 0.05) is 56.9 Å². The lowest BCUT2D eigenvalue weighted by Gasteiger charge is -2.31. The molecule has 0 radical (unpaired) electrons. The predicted molar refractivity (Wildman–Crippen MR) is 116 cm³/mol. The van der Waals surface area contributed by atoms with E-state index in [4.69, 9.17) is 0 Å². The Morgan fingerprint density at radius 1 is 1.07 bits per heavy atom. The fraction of sp³-hybridized carbons (Fsp3) is 0.400. The third-order valence-electron chi connectivity index (χ3n) is 4.89. The van der Waals surface area contributed by atoms with E-state index in [0.29, 0.717) is 11.6 Å². The number of piperidine rings is 1. The minimum Gasteiger partial charge on any atom is -0.378 e. The molecule has 1 N–H and O–H groups in total. The van der Waals surface area contributed by atoms with Gasteiger partial charge < -0.3 is 15.1 Å². The average molecular weight is 411 g/mol. The van der Waals surface area contributed by atoms with Crippen molar-refractivity contribution in [1.29, 1.82) is 0 Å². The fourth-order valence-corrected chi connectivity index (χ4v) is 3.22. The van der Waals surface area contributed by atoms with Crippen molar-refractivity contribution in [2.45, 2.75) is 18.9 Å². The highest BCUT2D eigenvalue weighted by Crippen LogP contribution is 2.23. The van der Waals surface area contributed by atoms with Gasteiger partial charge in [-0.1, -0.05) is 12.1 Å². The molecule has 27 heavy (non-hydrogen) atoms. The number of rotatable bonds is 4. The van der Waals surface area contributed by atoms with E-state index in [0.717, 1.165) is 42.7 Å². The second kappa shape index (κ2) is 10.5. The second-order valence-corrected chi connectivity index (χ2v) is 6.76. The summed E-state index contributed by atoms with van der Waals surface area (Å²) in [5.74, 6) is 0.0776. The molecule has 1 aromatic carbocycles. The van der Waals surface area contributed by atoms with Gasteiger partial charge in [0.1, 0.15) is 0 Å². The minimum absolute atomic E-state index is 0. The van der Waals surface area contributed by atoms with Gasteiger partial charge in [0.25, 0.3) is 5.91 Å². The van der Waals surface area contributed by atoms with Crippen molar-refractivity contribution >= 4 is 36.4 Å². The molecular formula is C20H28Cl2N4O. The average Bonchev–Trinajstić information content (AvgIpc) is 2.67. The van der Waals surface area contributed by atoms with Crippen LogP contribution in [-0.4, -0.2) is 56.1 Å². The molecule has 2 aromatic rings. The Labute approximate surface area is 174 Å². The number of hydrogen-bond acceptors (Lipinski definition) is 4. The van der Waals surface area contributed by atoms with E-state index in [1.54, 1.807) is 6.20 Å². The van der Waals surface area contributed by atoms with Crippen molar-refractivity contribution in [3.8, 4) is 11.1 Å². The number of pyridine rings is 1. The van der Waals surface area contributed by atoms with Crippen LogP contribution in [0.3, 0.4) is 0 Å². The highest BCUT2D eigenvalue weighted by Gasteiger charge is 2.23. The minimum atomic E-state index is 0. The molecule has 1 saturated heterocycles. The summed E-state index contributed by atoms with van der Waals surface area (Å²) >= 11 is 0. The molecule has 1 aliphatic rings. The number of benzene rings is 1. The summed E-state index contributed by atoms with van der Waals surface area (Å²) in [5.41, 5.74) is 3.86. The Morgan fingerprint density at radius 3 is 2.26 bits per heavy atom. The van der Waals surface area contributed by atoms with Gasteiger partial charge in [-0.2, -0.15) is 0 Å². The monoisotopic (exact) mass is 410 g/mol. The van der Waals surface area contributed by atoms with Crippen molar-refractivity contribution in [2.24, 2.45) is 0 Å². The molecule has 1 amide bonds. The molecule has 0 spiro atoms. The van der Waals surface area contributed by atoms with Gasteiger partial charge in [-0.25, -0.2) is 0 Å². The van der Waals surface area contributed by atoms with Crippen molar-refractivity contribution in [3.63, 3.8) is 0 Å². The molecule has 5 nitrogen and oxygen atoms in total. The van der Waals surface area contributed by atoms with Gasteiger partial charge in [-0.05, 0) is 43.7 Å². The van der Waals surface area contributed by atoms with Crippen LogP contribution in [0.2, 0.25) is 0 Å². The molecule has 0 unspecified atom stereocenters. The number of carbonyl (C=O) groups is 1. The molecule has 0 aliphatic carbocycles. The lowest BCUT2D eigenvalue weighted by atomic mass is 10.0. The van der Waals surface area contributed by atoms with Crippen LogP contribution in [0, 0.1) is 0 Å². The largest absolute Gasteiger partial charge is 0.378 e. The van der Waals surface area contributed by atoms with E-state index >= 15 is 0 Å². The number of aromatic nitrogens is 1. The maximum atomic E-state index is 12.8. The van der Waals surface area contributed by atoms with Crippen molar-refractivity contribution in [1.82, 2.24) is 15.2 Å². The van der Waals surface area contributed by atoms with E-state index in [2.05, 4.69) is 39.5 Å². The number of carbonyl (C=O) groups excluding carboxylic acids is 1. The lowest BCUT2D eigenvalue weighted by Crippen LogP contribution is -2.43.